The number of nitrogens with zero attached hydrogens (tertiary/aromatic N) is 3. The molecule has 0 bridgehead atoms. The molecule has 0 saturated heterocycles. The predicted molar refractivity (Wildman–Crippen MR) is 104 cm³/mol. The summed E-state index contributed by atoms with van der Waals surface area (Å²) in [6.07, 6.45) is 1.63. The van der Waals surface area contributed by atoms with E-state index in [1.807, 2.05) is 30.5 Å². The van der Waals surface area contributed by atoms with Gasteiger partial charge >= 0.3 is 0 Å². The number of thiazole rings is 1. The molecule has 2 heterocycles. The first-order chi connectivity index (χ1) is 13.2. The Morgan fingerprint density at radius 3 is 2.81 bits per heavy atom. The molecule has 3 aromatic rings. The first-order valence-corrected chi connectivity index (χ1v) is 9.53. The Hall–Kier alpha value is -2.93. The van der Waals surface area contributed by atoms with Crippen molar-refractivity contribution in [1.82, 2.24) is 4.68 Å². The van der Waals surface area contributed by atoms with E-state index in [1.165, 1.54) is 23.5 Å². The monoisotopic (exact) mass is 383 g/mol. The highest BCUT2D eigenvalue weighted by molar-refractivity contribution is 7.07. The maximum Gasteiger partial charge on any atom is 0.206 e. The number of fused-ring (bicyclic) bond motifs is 1. The lowest BCUT2D eigenvalue weighted by Gasteiger charge is -2.18. The summed E-state index contributed by atoms with van der Waals surface area (Å²) in [5.41, 5.74) is 2.52. The predicted octanol–water partition coefficient (Wildman–Crippen LogP) is 3.93. The molecule has 0 radical (unpaired) electrons. The normalized spacial score (nSPS) is 14.1. The van der Waals surface area contributed by atoms with E-state index < -0.39 is 0 Å². The minimum Gasteiger partial charge on any atom is -0.486 e. The van der Waals surface area contributed by atoms with Gasteiger partial charge in [0, 0.05) is 17.5 Å². The molecule has 1 aliphatic heterocycles. The van der Waals surface area contributed by atoms with Crippen LogP contribution in [0, 0.1) is 5.82 Å². The molecule has 1 aliphatic rings. The van der Waals surface area contributed by atoms with Crippen LogP contribution in [0.3, 0.4) is 0 Å². The quantitative estimate of drug-likeness (QED) is 0.641. The van der Waals surface area contributed by atoms with Gasteiger partial charge in [-0.2, -0.15) is 5.10 Å². The minimum atomic E-state index is -0.292. The first-order valence-electron chi connectivity index (χ1n) is 8.65. The van der Waals surface area contributed by atoms with E-state index in [9.17, 15) is 4.39 Å². The van der Waals surface area contributed by atoms with Gasteiger partial charge < -0.3 is 9.47 Å². The van der Waals surface area contributed by atoms with Gasteiger partial charge in [-0.1, -0.05) is 12.1 Å². The van der Waals surface area contributed by atoms with Crippen molar-refractivity contribution >= 4 is 17.6 Å². The maximum absolute atomic E-state index is 13.4. The van der Waals surface area contributed by atoms with Gasteiger partial charge in [0.2, 0.25) is 4.80 Å². The summed E-state index contributed by atoms with van der Waals surface area (Å²) in [5, 5.41) is 6.56. The molecule has 0 amide bonds. The van der Waals surface area contributed by atoms with Crippen molar-refractivity contribution in [1.29, 1.82) is 0 Å². The molecule has 0 N–H and O–H groups in total. The van der Waals surface area contributed by atoms with Crippen LogP contribution < -0.4 is 14.3 Å². The van der Waals surface area contributed by atoms with Crippen molar-refractivity contribution in [2.75, 3.05) is 19.8 Å². The SMILES string of the molecule is CCN=c1scc(-c2ccc3c(c2)OCCO3)n1/N=C\c1cccc(F)c1. The average Bonchev–Trinajstić information content (AvgIpc) is 3.09. The van der Waals surface area contributed by atoms with E-state index in [0.29, 0.717) is 25.3 Å². The molecule has 27 heavy (non-hydrogen) atoms. The standard InChI is InChI=1S/C20H18FN3O2S/c1-2-22-20-24(23-12-14-4-3-5-16(21)10-14)17(13-27-20)15-6-7-18-19(11-15)26-9-8-25-18/h3-7,10-13H,2,8-9H2,1H3/b22-20?,23-12-. The zero-order valence-corrected chi connectivity index (χ0v) is 15.6. The lowest BCUT2D eigenvalue weighted by atomic mass is 10.1. The Labute approximate surface area is 160 Å². The highest BCUT2D eigenvalue weighted by Crippen LogP contribution is 2.34. The molecule has 0 unspecified atom stereocenters. The third-order valence-electron chi connectivity index (χ3n) is 3.99. The van der Waals surface area contributed by atoms with E-state index in [4.69, 9.17) is 9.47 Å². The lowest BCUT2D eigenvalue weighted by molar-refractivity contribution is 0.171. The Morgan fingerprint density at radius 1 is 1.15 bits per heavy atom. The number of halogens is 1. The molecule has 4 rings (SSSR count). The second-order valence-electron chi connectivity index (χ2n) is 5.85. The maximum atomic E-state index is 13.4. The van der Waals surface area contributed by atoms with E-state index >= 15 is 0 Å². The summed E-state index contributed by atoms with van der Waals surface area (Å²) in [5.74, 6) is 1.17. The van der Waals surface area contributed by atoms with Crippen LogP contribution in [-0.4, -0.2) is 30.6 Å². The average molecular weight is 383 g/mol. The summed E-state index contributed by atoms with van der Waals surface area (Å²) < 4.78 is 26.5. The lowest BCUT2D eigenvalue weighted by Crippen LogP contribution is -2.15. The van der Waals surface area contributed by atoms with Gasteiger partial charge in [0.25, 0.3) is 0 Å². The van der Waals surface area contributed by atoms with E-state index in [1.54, 1.807) is 23.0 Å². The Balaban J connectivity index is 1.77. The summed E-state index contributed by atoms with van der Waals surface area (Å²) >= 11 is 1.51. The number of aromatic nitrogens is 1. The van der Waals surface area contributed by atoms with Crippen molar-refractivity contribution in [2.24, 2.45) is 10.1 Å². The molecule has 0 spiro atoms. The number of hydrogen-bond acceptors (Lipinski definition) is 5. The van der Waals surface area contributed by atoms with Crippen LogP contribution >= 0.6 is 11.3 Å². The molecule has 2 aromatic carbocycles. The van der Waals surface area contributed by atoms with Crippen molar-refractivity contribution in [3.05, 3.63) is 64.0 Å². The van der Waals surface area contributed by atoms with Crippen LogP contribution in [0.4, 0.5) is 4.39 Å². The van der Waals surface area contributed by atoms with Gasteiger partial charge in [-0.3, -0.25) is 4.99 Å². The molecule has 0 fully saturated rings. The Bertz CT molecular complexity index is 1060. The van der Waals surface area contributed by atoms with E-state index in [2.05, 4.69) is 10.1 Å². The smallest absolute Gasteiger partial charge is 0.206 e. The molecule has 138 valence electrons. The Kier molecular flexibility index (Phi) is 5.02. The fraction of sp³-hybridized carbons (Fsp3) is 0.200. The van der Waals surface area contributed by atoms with Crippen LogP contribution in [0.15, 0.2) is 57.9 Å². The largest absolute Gasteiger partial charge is 0.486 e. The molecule has 7 heteroatoms. The van der Waals surface area contributed by atoms with Crippen molar-refractivity contribution in [3.63, 3.8) is 0 Å². The van der Waals surface area contributed by atoms with Crippen LogP contribution in [0.5, 0.6) is 11.5 Å². The molecule has 0 saturated carbocycles. The van der Waals surface area contributed by atoms with Crippen LogP contribution in [0.2, 0.25) is 0 Å². The number of hydrogen-bond donors (Lipinski definition) is 0. The topological polar surface area (TPSA) is 48.1 Å². The van der Waals surface area contributed by atoms with Crippen LogP contribution in [-0.2, 0) is 0 Å². The summed E-state index contributed by atoms with van der Waals surface area (Å²) in [6.45, 7) is 3.72. The third kappa shape index (κ3) is 3.78. The number of rotatable bonds is 4. The van der Waals surface area contributed by atoms with Gasteiger partial charge in [0.1, 0.15) is 19.0 Å². The van der Waals surface area contributed by atoms with E-state index in [-0.39, 0.29) is 5.82 Å². The molecular formula is C20H18FN3O2S. The van der Waals surface area contributed by atoms with Crippen molar-refractivity contribution in [3.8, 4) is 22.8 Å². The van der Waals surface area contributed by atoms with Gasteiger partial charge in [0.05, 0.1) is 11.9 Å². The number of ether oxygens (including phenoxy) is 2. The fourth-order valence-corrected chi connectivity index (χ4v) is 3.67. The first kappa shape index (κ1) is 17.5. The second-order valence-corrected chi connectivity index (χ2v) is 6.68. The zero-order chi connectivity index (χ0) is 18.6. The zero-order valence-electron chi connectivity index (χ0n) is 14.8. The highest BCUT2D eigenvalue weighted by Gasteiger charge is 2.15. The van der Waals surface area contributed by atoms with E-state index in [0.717, 1.165) is 27.6 Å². The summed E-state index contributed by atoms with van der Waals surface area (Å²) in [6, 6.07) is 12.1. The molecule has 0 atom stereocenters. The highest BCUT2D eigenvalue weighted by atomic mass is 32.1. The molecule has 5 nitrogen and oxygen atoms in total. The molecular weight excluding hydrogens is 365 g/mol. The van der Waals surface area contributed by atoms with Gasteiger partial charge in [0.15, 0.2) is 11.5 Å². The van der Waals surface area contributed by atoms with Crippen molar-refractivity contribution in [2.45, 2.75) is 6.92 Å². The second kappa shape index (κ2) is 7.75. The summed E-state index contributed by atoms with van der Waals surface area (Å²) in [7, 11) is 0. The van der Waals surface area contributed by atoms with Crippen LogP contribution in [0.25, 0.3) is 11.3 Å². The Morgan fingerprint density at radius 2 is 2.00 bits per heavy atom. The van der Waals surface area contributed by atoms with Gasteiger partial charge in [-0.05, 0) is 42.8 Å². The number of benzene rings is 2. The van der Waals surface area contributed by atoms with Crippen molar-refractivity contribution < 1.29 is 13.9 Å². The molecule has 0 aliphatic carbocycles. The van der Waals surface area contributed by atoms with Gasteiger partial charge in [-0.15, -0.1) is 11.3 Å². The fourth-order valence-electron chi connectivity index (χ4n) is 2.77. The summed E-state index contributed by atoms with van der Waals surface area (Å²) in [4.78, 5) is 5.28. The van der Waals surface area contributed by atoms with Gasteiger partial charge in [-0.25, -0.2) is 9.07 Å². The van der Waals surface area contributed by atoms with Crippen LogP contribution in [0.1, 0.15) is 12.5 Å². The molecule has 1 aromatic heterocycles. The minimum absolute atomic E-state index is 0.292. The third-order valence-corrected chi connectivity index (χ3v) is 4.84.